The largest absolute Gasteiger partial charge is 0.457 e. The molecule has 7 N–H and O–H groups in total. The number of unbranched alkanes of at least 4 members (excludes halogenated alkanes) is 37. The molecule has 0 radical (unpaired) electrons. The average Bonchev–Trinajstić information content (AvgIpc) is 3.42. The summed E-state index contributed by atoms with van der Waals surface area (Å²) >= 11 is 0. The molecule has 0 aromatic rings. The van der Waals surface area contributed by atoms with Gasteiger partial charge in [0.15, 0.2) is 12.6 Å². The quantitative estimate of drug-likeness (QED) is 0.0172. The van der Waals surface area contributed by atoms with Crippen LogP contribution < -0.4 is 0 Å². The zero-order valence-electron chi connectivity index (χ0n) is 48.5. The molecule has 2 fully saturated rings. The molecule has 0 spiro atoms. The Kier molecular flexibility index (Phi) is 46.2. The van der Waals surface area contributed by atoms with Gasteiger partial charge in [0, 0.05) is 13.0 Å². The summed E-state index contributed by atoms with van der Waals surface area (Å²) in [6, 6.07) is 0. The van der Waals surface area contributed by atoms with E-state index in [9.17, 15) is 40.5 Å². The minimum absolute atomic E-state index is 0.0688. The van der Waals surface area contributed by atoms with Gasteiger partial charge in [0.25, 0.3) is 0 Å². The summed E-state index contributed by atoms with van der Waals surface area (Å²) in [6.07, 6.45) is 39.9. The number of hydrogen-bond acceptors (Lipinski definition) is 14. The third kappa shape index (κ3) is 35.5. The molecule has 2 aliphatic heterocycles. The molecular formula is C62H118O14. The molecule has 76 heavy (non-hydrogen) atoms. The highest BCUT2D eigenvalue weighted by atomic mass is 16.7. The second kappa shape index (κ2) is 49.5. The number of ether oxygens (including phenoxy) is 6. The Hall–Kier alpha value is -1.27. The van der Waals surface area contributed by atoms with Crippen LogP contribution in [0.3, 0.4) is 0 Å². The number of rotatable bonds is 53. The van der Waals surface area contributed by atoms with Crippen molar-refractivity contribution in [3.8, 4) is 0 Å². The zero-order valence-corrected chi connectivity index (χ0v) is 48.5. The molecule has 2 aliphatic rings. The second-order valence-electron chi connectivity index (χ2n) is 22.6. The number of aliphatic hydroxyl groups is 7. The fraction of sp³-hybridized carbons (Fsp3) is 0.952. The van der Waals surface area contributed by atoms with E-state index < -0.39 is 80.7 Å². The van der Waals surface area contributed by atoms with Gasteiger partial charge in [0.1, 0.15) is 54.9 Å². The maximum atomic E-state index is 13.1. The molecule has 0 aliphatic carbocycles. The molecule has 2 saturated heterocycles. The molecule has 0 aromatic carbocycles. The van der Waals surface area contributed by atoms with Crippen LogP contribution in [0.4, 0.5) is 0 Å². The molecule has 0 aromatic heterocycles. The first-order valence-corrected chi connectivity index (χ1v) is 31.8. The lowest BCUT2D eigenvalue weighted by Crippen LogP contribution is -2.61. The number of esters is 1. The van der Waals surface area contributed by atoms with Crippen molar-refractivity contribution < 1.29 is 69.0 Å². The molecule has 14 nitrogen and oxygen atoms in total. The fourth-order valence-electron chi connectivity index (χ4n) is 10.4. The first-order chi connectivity index (χ1) is 37.1. The maximum Gasteiger partial charge on any atom is 0.306 e. The first-order valence-electron chi connectivity index (χ1n) is 31.8. The Balaban J connectivity index is 1.66. The molecule has 11 unspecified atom stereocenters. The summed E-state index contributed by atoms with van der Waals surface area (Å²) in [5, 5.41) is 72.4. The van der Waals surface area contributed by atoms with E-state index in [1.165, 1.54) is 212 Å². The zero-order chi connectivity index (χ0) is 55.1. The molecule has 11 atom stereocenters. The average molecular weight is 1090 g/mol. The number of carbonyl (C=O) groups is 1. The van der Waals surface area contributed by atoms with Crippen LogP contribution in [0.2, 0.25) is 0 Å². The van der Waals surface area contributed by atoms with Gasteiger partial charge in [-0.25, -0.2) is 0 Å². The highest BCUT2D eigenvalue weighted by Crippen LogP contribution is 2.27. The third-order valence-electron chi connectivity index (χ3n) is 15.5. The topological polar surface area (TPSA) is 214 Å². The molecule has 2 rings (SSSR count). The number of allylic oxidation sites excluding steroid dienone is 2. The van der Waals surface area contributed by atoms with Gasteiger partial charge in [-0.3, -0.25) is 4.79 Å². The maximum absolute atomic E-state index is 13.1. The van der Waals surface area contributed by atoms with Gasteiger partial charge in [0.2, 0.25) is 0 Å². The molecular weight excluding hydrogens is 969 g/mol. The molecule has 0 bridgehead atoms. The highest BCUT2D eigenvalue weighted by Gasteiger charge is 2.47. The van der Waals surface area contributed by atoms with Crippen LogP contribution in [-0.2, 0) is 33.2 Å². The van der Waals surface area contributed by atoms with Crippen molar-refractivity contribution in [2.75, 3.05) is 33.0 Å². The van der Waals surface area contributed by atoms with Crippen molar-refractivity contribution in [3.63, 3.8) is 0 Å². The predicted octanol–water partition coefficient (Wildman–Crippen LogP) is 12.1. The summed E-state index contributed by atoms with van der Waals surface area (Å²) in [7, 11) is 0. The van der Waals surface area contributed by atoms with E-state index >= 15 is 0 Å². The smallest absolute Gasteiger partial charge is 0.306 e. The van der Waals surface area contributed by atoms with Crippen molar-refractivity contribution in [1.29, 1.82) is 0 Å². The molecule has 0 amide bonds. The van der Waals surface area contributed by atoms with Gasteiger partial charge < -0.3 is 64.2 Å². The van der Waals surface area contributed by atoms with E-state index in [4.69, 9.17) is 28.4 Å². The molecule has 450 valence electrons. The highest BCUT2D eigenvalue weighted by molar-refractivity contribution is 5.69. The number of hydrogen-bond donors (Lipinski definition) is 7. The second-order valence-corrected chi connectivity index (χ2v) is 22.6. The minimum atomic E-state index is -1.70. The Morgan fingerprint density at radius 3 is 1.20 bits per heavy atom. The van der Waals surface area contributed by atoms with Crippen LogP contribution in [0.25, 0.3) is 0 Å². The van der Waals surface area contributed by atoms with Gasteiger partial charge >= 0.3 is 5.97 Å². The van der Waals surface area contributed by atoms with E-state index in [-0.39, 0.29) is 25.6 Å². The Morgan fingerprint density at radius 2 is 0.776 bits per heavy atom. The normalized spacial score (nSPS) is 24.4. The minimum Gasteiger partial charge on any atom is -0.457 e. The summed E-state index contributed by atoms with van der Waals surface area (Å²) < 4.78 is 34.5. The third-order valence-corrected chi connectivity index (χ3v) is 15.5. The number of aliphatic hydroxyl groups excluding tert-OH is 7. The Morgan fingerprint density at radius 1 is 0.421 bits per heavy atom. The summed E-state index contributed by atoms with van der Waals surface area (Å²) in [5.74, 6) is -0.369. The first kappa shape index (κ1) is 70.8. The van der Waals surface area contributed by atoms with Crippen molar-refractivity contribution in [1.82, 2.24) is 0 Å². The predicted molar refractivity (Wildman–Crippen MR) is 303 cm³/mol. The van der Waals surface area contributed by atoms with Crippen LogP contribution in [0.1, 0.15) is 277 Å². The van der Waals surface area contributed by atoms with Gasteiger partial charge in [-0.15, -0.1) is 0 Å². The Bertz CT molecular complexity index is 1310. The van der Waals surface area contributed by atoms with Crippen LogP contribution >= 0.6 is 0 Å². The van der Waals surface area contributed by atoms with Crippen LogP contribution in [-0.4, -0.2) is 142 Å². The Labute approximate surface area is 463 Å². The summed E-state index contributed by atoms with van der Waals surface area (Å²) in [4.78, 5) is 13.1. The van der Waals surface area contributed by atoms with Gasteiger partial charge in [-0.05, 0) is 38.5 Å². The lowest BCUT2D eigenvalue weighted by atomic mass is 9.98. The van der Waals surface area contributed by atoms with Crippen molar-refractivity contribution in [2.24, 2.45) is 0 Å². The molecule has 0 saturated carbocycles. The van der Waals surface area contributed by atoms with Crippen molar-refractivity contribution in [2.45, 2.75) is 345 Å². The van der Waals surface area contributed by atoms with E-state index in [0.29, 0.717) is 13.0 Å². The van der Waals surface area contributed by atoms with Gasteiger partial charge in [0.05, 0.1) is 26.4 Å². The van der Waals surface area contributed by atoms with E-state index in [1.807, 2.05) is 0 Å². The van der Waals surface area contributed by atoms with Crippen LogP contribution in [0.15, 0.2) is 12.2 Å². The van der Waals surface area contributed by atoms with Crippen LogP contribution in [0, 0.1) is 0 Å². The van der Waals surface area contributed by atoms with E-state index in [1.54, 1.807) is 0 Å². The van der Waals surface area contributed by atoms with Crippen LogP contribution in [0.5, 0.6) is 0 Å². The monoisotopic (exact) mass is 1090 g/mol. The lowest BCUT2D eigenvalue weighted by Gasteiger charge is -2.42. The van der Waals surface area contributed by atoms with Crippen molar-refractivity contribution >= 4 is 5.97 Å². The van der Waals surface area contributed by atoms with Gasteiger partial charge in [-0.1, -0.05) is 244 Å². The van der Waals surface area contributed by atoms with Gasteiger partial charge in [-0.2, -0.15) is 0 Å². The van der Waals surface area contributed by atoms with Crippen molar-refractivity contribution in [3.05, 3.63) is 12.2 Å². The SMILES string of the molecule is CCCCCCCCCC/C=C\CCCCCCCCCCCCCCCC(=O)OC(COCCCCCCCCCCCCCCCCCCC)COC1OC(COC2OC(CO)C(O)C(O)C2O)C(O)C(O)C1O. The fourth-order valence-corrected chi connectivity index (χ4v) is 10.4. The summed E-state index contributed by atoms with van der Waals surface area (Å²) in [5.41, 5.74) is 0. The standard InChI is InChI=1S/C62H118O14/c1-3-5-7-9-11-13-15-17-19-21-22-23-24-25-26-27-28-29-31-33-35-37-39-41-43-45-54(64)74-51(48-71-46-44-42-40-38-36-34-32-30-20-18-16-14-12-10-8-6-4-2)49-72-61-60(70)58(68)56(66)53(76-61)50-73-62-59(69)57(67)55(65)52(47-63)75-62/h21-22,51-53,55-63,65-70H,3-20,23-50H2,1-2H3/b22-21-. The number of carbonyl (C=O) groups excluding carboxylic acids is 1. The molecule has 14 heteroatoms. The molecule has 2 heterocycles. The van der Waals surface area contributed by atoms with E-state index in [0.717, 1.165) is 38.5 Å². The lowest BCUT2D eigenvalue weighted by molar-refractivity contribution is -0.332. The summed E-state index contributed by atoms with van der Waals surface area (Å²) in [6.45, 7) is 3.76. The van der Waals surface area contributed by atoms with E-state index in [2.05, 4.69) is 26.0 Å².